The Morgan fingerprint density at radius 2 is 1.81 bits per heavy atom. The minimum Gasteiger partial charge on any atom is -0.333 e. The van der Waals surface area contributed by atoms with Crippen LogP contribution in [-0.4, -0.2) is 32.8 Å². The van der Waals surface area contributed by atoms with Crippen molar-refractivity contribution >= 4 is 34.6 Å². The average Bonchev–Trinajstić information content (AvgIpc) is 2.71. The molecule has 0 saturated carbocycles. The monoisotopic (exact) mass is 435 g/mol. The highest BCUT2D eigenvalue weighted by molar-refractivity contribution is 7.99. The molecule has 31 heavy (non-hydrogen) atoms. The third-order valence-electron chi connectivity index (χ3n) is 4.07. The summed E-state index contributed by atoms with van der Waals surface area (Å²) in [5.74, 6) is -0.626. The number of urea groups is 1. The highest BCUT2D eigenvalue weighted by Gasteiger charge is 2.18. The molecule has 0 aliphatic rings. The Kier molecular flexibility index (Phi) is 6.42. The van der Waals surface area contributed by atoms with E-state index in [4.69, 9.17) is 5.26 Å². The summed E-state index contributed by atoms with van der Waals surface area (Å²) in [5.41, 5.74) is 0.724. The molecule has 3 amide bonds. The van der Waals surface area contributed by atoms with Crippen LogP contribution in [-0.2, 0) is 4.79 Å². The van der Waals surface area contributed by atoms with E-state index in [1.165, 1.54) is 4.57 Å². The summed E-state index contributed by atoms with van der Waals surface area (Å²) in [6.07, 6.45) is 0. The summed E-state index contributed by atoms with van der Waals surface area (Å²) in [6.45, 7) is 5.42. The molecule has 0 spiro atoms. The summed E-state index contributed by atoms with van der Waals surface area (Å²) < 4.78 is 1.40. The molecule has 3 aromatic rings. The number of nitrogens with one attached hydrogen (secondary N) is 2. The van der Waals surface area contributed by atoms with E-state index in [0.29, 0.717) is 27.3 Å². The SMILES string of the molecule is CC(C)(C)NC(=O)NC(=O)CSc1nc2ccccc2c(=O)n1-c1ccc(C#N)cc1. The lowest BCUT2D eigenvalue weighted by atomic mass is 10.1. The molecule has 0 fully saturated rings. The number of carbonyl (C=O) groups excluding carboxylic acids is 2. The Balaban J connectivity index is 1.92. The van der Waals surface area contributed by atoms with Gasteiger partial charge in [-0.05, 0) is 57.2 Å². The topological polar surface area (TPSA) is 117 Å². The van der Waals surface area contributed by atoms with E-state index in [2.05, 4.69) is 15.6 Å². The summed E-state index contributed by atoms with van der Waals surface area (Å²) in [5, 5.41) is 14.7. The van der Waals surface area contributed by atoms with Gasteiger partial charge in [0.15, 0.2) is 5.16 Å². The fraction of sp³-hybridized carbons (Fsp3) is 0.227. The third-order valence-corrected chi connectivity index (χ3v) is 5.01. The van der Waals surface area contributed by atoms with E-state index in [1.54, 1.807) is 69.3 Å². The molecule has 8 nitrogen and oxygen atoms in total. The second-order valence-corrected chi connectivity index (χ2v) is 8.69. The first-order valence-electron chi connectivity index (χ1n) is 9.45. The van der Waals surface area contributed by atoms with Crippen molar-refractivity contribution in [3.8, 4) is 11.8 Å². The maximum Gasteiger partial charge on any atom is 0.321 e. The molecule has 0 aliphatic heterocycles. The van der Waals surface area contributed by atoms with Gasteiger partial charge >= 0.3 is 6.03 Å². The van der Waals surface area contributed by atoms with Crippen molar-refractivity contribution in [2.45, 2.75) is 31.5 Å². The molecule has 0 saturated heterocycles. The molecular formula is C22H21N5O3S. The smallest absolute Gasteiger partial charge is 0.321 e. The lowest BCUT2D eigenvalue weighted by molar-refractivity contribution is -0.117. The van der Waals surface area contributed by atoms with Crippen molar-refractivity contribution < 1.29 is 9.59 Å². The highest BCUT2D eigenvalue weighted by atomic mass is 32.2. The predicted molar refractivity (Wildman–Crippen MR) is 119 cm³/mol. The van der Waals surface area contributed by atoms with E-state index < -0.39 is 17.5 Å². The van der Waals surface area contributed by atoms with Crippen LogP contribution in [0.3, 0.4) is 0 Å². The van der Waals surface area contributed by atoms with Gasteiger partial charge < -0.3 is 5.32 Å². The Hall–Kier alpha value is -3.64. The number of hydrogen-bond donors (Lipinski definition) is 2. The van der Waals surface area contributed by atoms with Gasteiger partial charge in [-0.3, -0.25) is 19.5 Å². The van der Waals surface area contributed by atoms with Crippen LogP contribution in [0.2, 0.25) is 0 Å². The number of fused-ring (bicyclic) bond motifs is 1. The minimum absolute atomic E-state index is 0.112. The van der Waals surface area contributed by atoms with Crippen molar-refractivity contribution in [3.63, 3.8) is 0 Å². The maximum absolute atomic E-state index is 13.2. The third kappa shape index (κ3) is 5.49. The number of nitriles is 1. The van der Waals surface area contributed by atoms with Crippen LogP contribution in [0.5, 0.6) is 0 Å². The van der Waals surface area contributed by atoms with Crippen molar-refractivity contribution in [1.29, 1.82) is 5.26 Å². The van der Waals surface area contributed by atoms with Crippen molar-refractivity contribution in [3.05, 3.63) is 64.4 Å². The molecule has 0 aliphatic carbocycles. The lowest BCUT2D eigenvalue weighted by Gasteiger charge is -2.20. The second kappa shape index (κ2) is 9.02. The molecule has 0 bridgehead atoms. The summed E-state index contributed by atoms with van der Waals surface area (Å²) in [4.78, 5) is 41.9. The molecule has 1 heterocycles. The first-order valence-corrected chi connectivity index (χ1v) is 10.4. The molecule has 0 radical (unpaired) electrons. The first kappa shape index (κ1) is 22.1. The van der Waals surface area contributed by atoms with Gasteiger partial charge in [0, 0.05) is 5.54 Å². The van der Waals surface area contributed by atoms with E-state index >= 15 is 0 Å². The second-order valence-electron chi connectivity index (χ2n) is 7.75. The zero-order chi connectivity index (χ0) is 22.6. The van der Waals surface area contributed by atoms with Gasteiger partial charge in [-0.2, -0.15) is 5.26 Å². The zero-order valence-electron chi connectivity index (χ0n) is 17.3. The van der Waals surface area contributed by atoms with Crippen LogP contribution in [0, 0.1) is 11.3 Å². The molecule has 0 atom stereocenters. The van der Waals surface area contributed by atoms with Crippen LogP contribution in [0.4, 0.5) is 4.79 Å². The Morgan fingerprint density at radius 1 is 1.13 bits per heavy atom. The predicted octanol–water partition coefficient (Wildman–Crippen LogP) is 2.97. The number of benzene rings is 2. The fourth-order valence-corrected chi connectivity index (χ4v) is 3.60. The number of carbonyl (C=O) groups is 2. The van der Waals surface area contributed by atoms with E-state index in [1.807, 2.05) is 6.07 Å². The number of para-hydroxylation sites is 1. The Bertz CT molecular complexity index is 1240. The van der Waals surface area contributed by atoms with Gasteiger partial charge in [-0.1, -0.05) is 23.9 Å². The van der Waals surface area contributed by atoms with Gasteiger partial charge in [-0.25, -0.2) is 9.78 Å². The van der Waals surface area contributed by atoms with Gasteiger partial charge in [-0.15, -0.1) is 0 Å². The molecular weight excluding hydrogens is 414 g/mol. The molecule has 9 heteroatoms. The van der Waals surface area contributed by atoms with Crippen LogP contribution in [0.15, 0.2) is 58.5 Å². The Morgan fingerprint density at radius 3 is 2.45 bits per heavy atom. The number of rotatable bonds is 4. The van der Waals surface area contributed by atoms with E-state index in [9.17, 15) is 14.4 Å². The number of aromatic nitrogens is 2. The maximum atomic E-state index is 13.2. The lowest BCUT2D eigenvalue weighted by Crippen LogP contribution is -2.48. The van der Waals surface area contributed by atoms with Gasteiger partial charge in [0.25, 0.3) is 5.56 Å². The van der Waals surface area contributed by atoms with Gasteiger partial charge in [0.1, 0.15) is 0 Å². The number of amides is 3. The highest BCUT2D eigenvalue weighted by Crippen LogP contribution is 2.21. The first-order chi connectivity index (χ1) is 14.7. The molecule has 158 valence electrons. The minimum atomic E-state index is -0.589. The van der Waals surface area contributed by atoms with E-state index in [0.717, 1.165) is 11.8 Å². The fourth-order valence-electron chi connectivity index (χ4n) is 2.79. The van der Waals surface area contributed by atoms with Gasteiger partial charge in [0.05, 0.1) is 34.0 Å². The molecule has 0 unspecified atom stereocenters. The zero-order valence-corrected chi connectivity index (χ0v) is 18.1. The summed E-state index contributed by atoms with van der Waals surface area (Å²) in [6, 6.07) is 14.9. The summed E-state index contributed by atoms with van der Waals surface area (Å²) >= 11 is 1.04. The molecule has 3 rings (SSSR count). The molecule has 2 aromatic carbocycles. The number of imide groups is 1. The van der Waals surface area contributed by atoms with Crippen LogP contribution < -0.4 is 16.2 Å². The molecule has 1 aromatic heterocycles. The van der Waals surface area contributed by atoms with Crippen molar-refractivity contribution in [2.75, 3.05) is 5.75 Å². The molecule has 2 N–H and O–H groups in total. The quantitative estimate of drug-likeness (QED) is 0.481. The number of nitrogens with zero attached hydrogens (tertiary/aromatic N) is 3. The largest absolute Gasteiger partial charge is 0.333 e. The van der Waals surface area contributed by atoms with Crippen molar-refractivity contribution in [1.82, 2.24) is 20.2 Å². The Labute approximate surface area is 183 Å². The van der Waals surface area contributed by atoms with Crippen LogP contribution in [0.25, 0.3) is 16.6 Å². The van der Waals surface area contributed by atoms with Crippen LogP contribution >= 0.6 is 11.8 Å². The number of hydrogen-bond acceptors (Lipinski definition) is 6. The van der Waals surface area contributed by atoms with E-state index in [-0.39, 0.29) is 11.3 Å². The summed E-state index contributed by atoms with van der Waals surface area (Å²) in [7, 11) is 0. The standard InChI is InChI=1S/C22H21N5O3S/c1-22(2,3)26-20(30)25-18(28)13-31-21-24-17-7-5-4-6-16(17)19(29)27(21)15-10-8-14(12-23)9-11-15/h4-11H,13H2,1-3H3,(H2,25,26,28,30). The van der Waals surface area contributed by atoms with Crippen LogP contribution in [0.1, 0.15) is 26.3 Å². The van der Waals surface area contributed by atoms with Crippen molar-refractivity contribution in [2.24, 2.45) is 0 Å². The van der Waals surface area contributed by atoms with Gasteiger partial charge in [0.2, 0.25) is 5.91 Å². The number of thioether (sulfide) groups is 1. The normalized spacial score (nSPS) is 11.0. The average molecular weight is 436 g/mol.